The summed E-state index contributed by atoms with van der Waals surface area (Å²) in [6.07, 6.45) is 7.72. The average molecular weight is 270 g/mol. The first-order valence-electron chi connectivity index (χ1n) is 8.03. The molecule has 1 fully saturated rings. The molecular formula is C18H26N2. The average Bonchev–Trinajstić information content (AvgIpc) is 2.99. The van der Waals surface area contributed by atoms with Gasteiger partial charge in [0.1, 0.15) is 0 Å². The van der Waals surface area contributed by atoms with E-state index in [1.54, 1.807) is 5.57 Å². The van der Waals surface area contributed by atoms with Gasteiger partial charge in [0.15, 0.2) is 0 Å². The van der Waals surface area contributed by atoms with Gasteiger partial charge >= 0.3 is 0 Å². The van der Waals surface area contributed by atoms with E-state index in [9.17, 15) is 0 Å². The topological polar surface area (TPSA) is 15.3 Å². The Balaban J connectivity index is 1.66. The summed E-state index contributed by atoms with van der Waals surface area (Å²) in [6, 6.07) is 12.1. The first kappa shape index (κ1) is 13.8. The van der Waals surface area contributed by atoms with Crippen molar-refractivity contribution in [3.05, 3.63) is 47.5 Å². The molecule has 2 heteroatoms. The molecule has 2 unspecified atom stereocenters. The molecule has 2 atom stereocenters. The van der Waals surface area contributed by atoms with Gasteiger partial charge in [-0.1, -0.05) is 42.0 Å². The molecule has 1 aromatic rings. The zero-order valence-electron chi connectivity index (χ0n) is 12.5. The fourth-order valence-electron chi connectivity index (χ4n) is 3.49. The predicted octanol–water partition coefficient (Wildman–Crippen LogP) is 3.52. The molecule has 1 heterocycles. The third-order valence-electron chi connectivity index (χ3n) is 4.65. The zero-order valence-corrected chi connectivity index (χ0v) is 12.5. The van der Waals surface area contributed by atoms with E-state index < -0.39 is 0 Å². The van der Waals surface area contributed by atoms with E-state index in [-0.39, 0.29) is 0 Å². The Kier molecular flexibility index (Phi) is 4.54. The SMILES string of the molecule is CC1CN(CCC2=CCCC2)C(c2ccccc2)CN1. The monoisotopic (exact) mass is 270 g/mol. The van der Waals surface area contributed by atoms with Crippen molar-refractivity contribution < 1.29 is 0 Å². The van der Waals surface area contributed by atoms with Crippen molar-refractivity contribution in [3.8, 4) is 0 Å². The highest BCUT2D eigenvalue weighted by molar-refractivity contribution is 5.20. The van der Waals surface area contributed by atoms with Crippen molar-refractivity contribution in [1.82, 2.24) is 10.2 Å². The van der Waals surface area contributed by atoms with Crippen LogP contribution in [0.2, 0.25) is 0 Å². The molecule has 2 nitrogen and oxygen atoms in total. The molecule has 2 aliphatic rings. The van der Waals surface area contributed by atoms with Crippen LogP contribution in [-0.4, -0.2) is 30.6 Å². The Morgan fingerprint density at radius 2 is 2.10 bits per heavy atom. The van der Waals surface area contributed by atoms with Crippen molar-refractivity contribution in [1.29, 1.82) is 0 Å². The lowest BCUT2D eigenvalue weighted by atomic mass is 10.0. The van der Waals surface area contributed by atoms with Gasteiger partial charge in [-0.3, -0.25) is 4.90 Å². The first-order chi connectivity index (χ1) is 9.83. The minimum Gasteiger partial charge on any atom is -0.311 e. The lowest BCUT2D eigenvalue weighted by Gasteiger charge is -2.39. The standard InChI is InChI=1S/C18H26N2/c1-15-14-20(12-11-16-7-5-6-8-16)18(13-19-15)17-9-3-2-4-10-17/h2-4,7,9-10,15,18-19H,5-6,8,11-14H2,1H3. The Morgan fingerprint density at radius 3 is 2.85 bits per heavy atom. The maximum Gasteiger partial charge on any atom is 0.0473 e. The second-order valence-electron chi connectivity index (χ2n) is 6.24. The summed E-state index contributed by atoms with van der Waals surface area (Å²) in [5, 5.41) is 3.63. The molecule has 1 aliphatic heterocycles. The molecule has 0 aromatic heterocycles. The summed E-state index contributed by atoms with van der Waals surface area (Å²) >= 11 is 0. The molecule has 108 valence electrons. The van der Waals surface area contributed by atoms with Crippen LogP contribution >= 0.6 is 0 Å². The normalized spacial score (nSPS) is 27.6. The van der Waals surface area contributed by atoms with Crippen molar-refractivity contribution >= 4 is 0 Å². The van der Waals surface area contributed by atoms with Crippen LogP contribution in [0.15, 0.2) is 42.0 Å². The first-order valence-corrected chi connectivity index (χ1v) is 8.03. The van der Waals surface area contributed by atoms with Gasteiger partial charge in [0, 0.05) is 31.7 Å². The van der Waals surface area contributed by atoms with Gasteiger partial charge in [-0.15, -0.1) is 0 Å². The summed E-state index contributed by atoms with van der Waals surface area (Å²) in [5.41, 5.74) is 3.13. The van der Waals surface area contributed by atoms with E-state index in [1.807, 2.05) is 0 Å². The fraction of sp³-hybridized carbons (Fsp3) is 0.556. The van der Waals surface area contributed by atoms with Gasteiger partial charge in [0.05, 0.1) is 0 Å². The predicted molar refractivity (Wildman–Crippen MR) is 84.8 cm³/mol. The molecule has 1 N–H and O–H groups in total. The van der Waals surface area contributed by atoms with Crippen LogP contribution in [0.5, 0.6) is 0 Å². The molecular weight excluding hydrogens is 244 g/mol. The number of nitrogens with zero attached hydrogens (tertiary/aromatic N) is 1. The molecule has 1 aromatic carbocycles. The number of allylic oxidation sites excluding steroid dienone is 1. The van der Waals surface area contributed by atoms with E-state index in [4.69, 9.17) is 0 Å². The van der Waals surface area contributed by atoms with Crippen LogP contribution in [0.1, 0.15) is 44.2 Å². The molecule has 0 radical (unpaired) electrons. The van der Waals surface area contributed by atoms with Crippen LogP contribution in [-0.2, 0) is 0 Å². The number of benzene rings is 1. The number of hydrogen-bond donors (Lipinski definition) is 1. The van der Waals surface area contributed by atoms with E-state index in [0.29, 0.717) is 12.1 Å². The van der Waals surface area contributed by atoms with Crippen LogP contribution in [0.4, 0.5) is 0 Å². The third-order valence-corrected chi connectivity index (χ3v) is 4.65. The summed E-state index contributed by atoms with van der Waals surface area (Å²) < 4.78 is 0. The zero-order chi connectivity index (χ0) is 13.8. The number of nitrogens with one attached hydrogen (secondary N) is 1. The van der Waals surface area contributed by atoms with Crippen LogP contribution in [0, 0.1) is 0 Å². The summed E-state index contributed by atoms with van der Waals surface area (Å²) in [4.78, 5) is 2.68. The van der Waals surface area contributed by atoms with Crippen LogP contribution < -0.4 is 5.32 Å². The third kappa shape index (κ3) is 3.31. The Labute approximate surface area is 122 Å². The summed E-state index contributed by atoms with van der Waals surface area (Å²) in [5.74, 6) is 0. The van der Waals surface area contributed by atoms with E-state index in [2.05, 4.69) is 53.5 Å². The molecule has 0 bridgehead atoms. The minimum absolute atomic E-state index is 0.536. The quantitative estimate of drug-likeness (QED) is 0.842. The molecule has 3 rings (SSSR count). The fourth-order valence-corrected chi connectivity index (χ4v) is 3.49. The van der Waals surface area contributed by atoms with Gasteiger partial charge in [-0.05, 0) is 38.2 Å². The van der Waals surface area contributed by atoms with Crippen molar-refractivity contribution in [2.45, 2.75) is 44.7 Å². The number of hydrogen-bond acceptors (Lipinski definition) is 2. The highest BCUT2D eigenvalue weighted by Gasteiger charge is 2.26. The lowest BCUT2D eigenvalue weighted by Crippen LogP contribution is -2.51. The van der Waals surface area contributed by atoms with Gasteiger partial charge in [-0.25, -0.2) is 0 Å². The van der Waals surface area contributed by atoms with Crippen LogP contribution in [0.25, 0.3) is 0 Å². The molecule has 0 spiro atoms. The highest BCUT2D eigenvalue weighted by atomic mass is 15.2. The largest absolute Gasteiger partial charge is 0.311 e. The maximum absolute atomic E-state index is 3.63. The Hall–Kier alpha value is -1.12. The Morgan fingerprint density at radius 1 is 1.25 bits per heavy atom. The lowest BCUT2D eigenvalue weighted by molar-refractivity contribution is 0.137. The van der Waals surface area contributed by atoms with Crippen molar-refractivity contribution in [3.63, 3.8) is 0 Å². The van der Waals surface area contributed by atoms with Crippen LogP contribution in [0.3, 0.4) is 0 Å². The Bertz CT molecular complexity index is 452. The van der Waals surface area contributed by atoms with E-state index >= 15 is 0 Å². The number of piperazine rings is 1. The smallest absolute Gasteiger partial charge is 0.0473 e. The molecule has 1 saturated heterocycles. The van der Waals surface area contributed by atoms with Gasteiger partial charge < -0.3 is 5.32 Å². The van der Waals surface area contributed by atoms with Gasteiger partial charge in [0.25, 0.3) is 0 Å². The maximum atomic E-state index is 3.63. The molecule has 20 heavy (non-hydrogen) atoms. The summed E-state index contributed by atoms with van der Waals surface area (Å²) in [6.45, 7) is 5.73. The van der Waals surface area contributed by atoms with Gasteiger partial charge in [-0.2, -0.15) is 0 Å². The van der Waals surface area contributed by atoms with E-state index in [1.165, 1.54) is 37.8 Å². The summed E-state index contributed by atoms with van der Waals surface area (Å²) in [7, 11) is 0. The minimum atomic E-state index is 0.536. The highest BCUT2D eigenvalue weighted by Crippen LogP contribution is 2.26. The van der Waals surface area contributed by atoms with Gasteiger partial charge in [0.2, 0.25) is 0 Å². The van der Waals surface area contributed by atoms with E-state index in [0.717, 1.165) is 13.1 Å². The van der Waals surface area contributed by atoms with Crippen molar-refractivity contribution in [2.24, 2.45) is 0 Å². The molecule has 0 saturated carbocycles. The second kappa shape index (κ2) is 6.55. The molecule has 1 aliphatic carbocycles. The molecule has 0 amide bonds. The second-order valence-corrected chi connectivity index (χ2v) is 6.24. The number of rotatable bonds is 4. The van der Waals surface area contributed by atoms with Crippen molar-refractivity contribution in [2.75, 3.05) is 19.6 Å².